The molecule has 0 aromatic carbocycles. The summed E-state index contributed by atoms with van der Waals surface area (Å²) in [6.45, 7) is 0.861. The Morgan fingerprint density at radius 1 is 1.60 bits per heavy atom. The normalized spacial score (nSPS) is 45.3. The van der Waals surface area contributed by atoms with Crippen molar-refractivity contribution in [2.75, 3.05) is 6.54 Å². The second-order valence-corrected chi connectivity index (χ2v) is 3.62. The highest BCUT2D eigenvalue weighted by molar-refractivity contribution is 5.79. The van der Waals surface area contributed by atoms with Crippen LogP contribution in [0.3, 0.4) is 0 Å². The van der Waals surface area contributed by atoms with E-state index in [2.05, 4.69) is 5.32 Å². The first-order chi connectivity index (χ1) is 4.70. The molecule has 1 aliphatic heterocycles. The number of hydrogen-bond donors (Lipinski definition) is 2. The molecule has 0 atom stereocenters. The number of nitrogens with two attached hydrogens (primary N) is 1. The average molecular weight is 140 g/mol. The highest BCUT2D eigenvalue weighted by atomic mass is 16.1. The van der Waals surface area contributed by atoms with E-state index in [-0.39, 0.29) is 11.3 Å². The van der Waals surface area contributed by atoms with Gasteiger partial charge in [-0.2, -0.15) is 0 Å². The summed E-state index contributed by atoms with van der Waals surface area (Å²) >= 11 is 0. The predicted octanol–water partition coefficient (Wildman–Crippen LogP) is -0.386. The third-order valence-electron chi connectivity index (χ3n) is 2.59. The van der Waals surface area contributed by atoms with Crippen molar-refractivity contribution in [1.29, 1.82) is 0 Å². The maximum Gasteiger partial charge on any atom is 0.220 e. The molecule has 56 valence electrons. The standard InChI is InChI=1S/C7H12N2O/c8-5-1-7(2-5)3-6(10)9-4-7/h5H,1-4,8H2,(H,9,10). The summed E-state index contributed by atoms with van der Waals surface area (Å²) in [5, 5.41) is 2.84. The van der Waals surface area contributed by atoms with Gasteiger partial charge in [0.05, 0.1) is 0 Å². The van der Waals surface area contributed by atoms with Gasteiger partial charge in [0, 0.05) is 19.0 Å². The Bertz CT molecular complexity index is 172. The third kappa shape index (κ3) is 0.736. The van der Waals surface area contributed by atoms with Crippen molar-refractivity contribution in [2.45, 2.75) is 25.3 Å². The Hall–Kier alpha value is -0.570. The van der Waals surface area contributed by atoms with E-state index < -0.39 is 0 Å². The highest BCUT2D eigenvalue weighted by Crippen LogP contribution is 2.44. The molecule has 0 aromatic heterocycles. The zero-order valence-electron chi connectivity index (χ0n) is 5.89. The molecule has 1 heterocycles. The van der Waals surface area contributed by atoms with Crippen LogP contribution in [0.5, 0.6) is 0 Å². The van der Waals surface area contributed by atoms with Crippen LogP contribution in [0.1, 0.15) is 19.3 Å². The molecular weight excluding hydrogens is 128 g/mol. The molecule has 2 rings (SSSR count). The largest absolute Gasteiger partial charge is 0.356 e. The lowest BCUT2D eigenvalue weighted by atomic mass is 9.65. The van der Waals surface area contributed by atoms with Crippen LogP contribution < -0.4 is 11.1 Å². The van der Waals surface area contributed by atoms with Crippen molar-refractivity contribution >= 4 is 5.91 Å². The molecule has 10 heavy (non-hydrogen) atoms. The Balaban J connectivity index is 2.01. The molecule has 3 nitrogen and oxygen atoms in total. The van der Waals surface area contributed by atoms with Crippen LogP contribution >= 0.6 is 0 Å². The van der Waals surface area contributed by atoms with E-state index in [1.165, 1.54) is 0 Å². The van der Waals surface area contributed by atoms with Gasteiger partial charge in [-0.3, -0.25) is 4.79 Å². The lowest BCUT2D eigenvalue weighted by Crippen LogP contribution is -2.47. The number of carbonyl (C=O) groups excluding carboxylic acids is 1. The number of nitrogens with one attached hydrogen (secondary N) is 1. The second kappa shape index (κ2) is 1.72. The highest BCUT2D eigenvalue weighted by Gasteiger charge is 2.47. The first-order valence-corrected chi connectivity index (χ1v) is 3.73. The fourth-order valence-electron chi connectivity index (χ4n) is 2.09. The van der Waals surface area contributed by atoms with E-state index in [4.69, 9.17) is 5.73 Å². The van der Waals surface area contributed by atoms with Crippen LogP contribution in [-0.2, 0) is 4.79 Å². The van der Waals surface area contributed by atoms with Gasteiger partial charge >= 0.3 is 0 Å². The van der Waals surface area contributed by atoms with E-state index in [1.807, 2.05) is 0 Å². The maximum atomic E-state index is 10.8. The Morgan fingerprint density at radius 2 is 2.30 bits per heavy atom. The molecule has 1 spiro atoms. The van der Waals surface area contributed by atoms with Crippen LogP contribution in [0.15, 0.2) is 0 Å². The van der Waals surface area contributed by atoms with Crippen molar-refractivity contribution in [3.63, 3.8) is 0 Å². The van der Waals surface area contributed by atoms with Gasteiger partial charge in [-0.05, 0) is 18.3 Å². The minimum Gasteiger partial charge on any atom is -0.356 e. The number of rotatable bonds is 0. The van der Waals surface area contributed by atoms with E-state index >= 15 is 0 Å². The predicted molar refractivity (Wildman–Crippen MR) is 37.3 cm³/mol. The molecule has 0 radical (unpaired) electrons. The van der Waals surface area contributed by atoms with Gasteiger partial charge in [-0.25, -0.2) is 0 Å². The maximum absolute atomic E-state index is 10.8. The summed E-state index contributed by atoms with van der Waals surface area (Å²) in [5.41, 5.74) is 5.91. The summed E-state index contributed by atoms with van der Waals surface area (Å²) in [5.74, 6) is 0.201. The second-order valence-electron chi connectivity index (χ2n) is 3.62. The molecule has 2 aliphatic rings. The molecular formula is C7H12N2O. The number of carbonyl (C=O) groups is 1. The van der Waals surface area contributed by atoms with Gasteiger partial charge in [0.2, 0.25) is 5.91 Å². The van der Waals surface area contributed by atoms with Gasteiger partial charge in [-0.15, -0.1) is 0 Å². The van der Waals surface area contributed by atoms with E-state index in [0.29, 0.717) is 12.5 Å². The van der Waals surface area contributed by atoms with Crippen LogP contribution in [0.2, 0.25) is 0 Å². The Morgan fingerprint density at radius 3 is 2.70 bits per heavy atom. The van der Waals surface area contributed by atoms with Crippen molar-refractivity contribution in [3.05, 3.63) is 0 Å². The van der Waals surface area contributed by atoms with Gasteiger partial charge in [0.15, 0.2) is 0 Å². The van der Waals surface area contributed by atoms with Crippen LogP contribution in [-0.4, -0.2) is 18.5 Å². The van der Waals surface area contributed by atoms with E-state index in [0.717, 1.165) is 19.4 Å². The molecule has 2 fully saturated rings. The van der Waals surface area contributed by atoms with Gasteiger partial charge in [-0.1, -0.05) is 0 Å². The molecule has 1 aliphatic carbocycles. The molecule has 1 saturated heterocycles. The number of amides is 1. The fourth-order valence-corrected chi connectivity index (χ4v) is 2.09. The van der Waals surface area contributed by atoms with Crippen LogP contribution in [0, 0.1) is 5.41 Å². The van der Waals surface area contributed by atoms with E-state index in [1.54, 1.807) is 0 Å². The third-order valence-corrected chi connectivity index (χ3v) is 2.59. The van der Waals surface area contributed by atoms with Crippen molar-refractivity contribution < 1.29 is 4.79 Å². The monoisotopic (exact) mass is 140 g/mol. The molecule has 1 amide bonds. The summed E-state index contributed by atoms with van der Waals surface area (Å²) in [7, 11) is 0. The fraction of sp³-hybridized carbons (Fsp3) is 0.857. The van der Waals surface area contributed by atoms with Crippen molar-refractivity contribution in [3.8, 4) is 0 Å². The molecule has 3 heteroatoms. The van der Waals surface area contributed by atoms with Crippen LogP contribution in [0.25, 0.3) is 0 Å². The quantitative estimate of drug-likeness (QED) is 0.481. The van der Waals surface area contributed by atoms with Crippen molar-refractivity contribution in [2.24, 2.45) is 11.1 Å². The Kier molecular flexibility index (Phi) is 1.06. The summed E-state index contributed by atoms with van der Waals surface area (Å²) in [6, 6.07) is 0.354. The zero-order chi connectivity index (χ0) is 7.19. The SMILES string of the molecule is NC1CC2(CNC(=O)C2)C1. The summed E-state index contributed by atoms with van der Waals surface area (Å²) in [4.78, 5) is 10.8. The minimum atomic E-state index is 0.201. The van der Waals surface area contributed by atoms with Gasteiger partial charge < -0.3 is 11.1 Å². The molecule has 1 saturated carbocycles. The lowest BCUT2D eigenvalue weighted by molar-refractivity contribution is -0.120. The first kappa shape index (κ1) is 6.16. The molecule has 0 bridgehead atoms. The topological polar surface area (TPSA) is 55.1 Å². The zero-order valence-corrected chi connectivity index (χ0v) is 5.89. The van der Waals surface area contributed by atoms with Crippen LogP contribution in [0.4, 0.5) is 0 Å². The minimum absolute atomic E-state index is 0.201. The number of hydrogen-bond acceptors (Lipinski definition) is 2. The molecule has 0 aromatic rings. The average Bonchev–Trinajstić information content (AvgIpc) is 2.10. The van der Waals surface area contributed by atoms with E-state index in [9.17, 15) is 4.79 Å². The van der Waals surface area contributed by atoms with Gasteiger partial charge in [0.1, 0.15) is 0 Å². The molecule has 3 N–H and O–H groups in total. The van der Waals surface area contributed by atoms with Gasteiger partial charge in [0.25, 0.3) is 0 Å². The first-order valence-electron chi connectivity index (χ1n) is 3.73. The summed E-state index contributed by atoms with van der Waals surface area (Å²) in [6.07, 6.45) is 2.78. The summed E-state index contributed by atoms with van der Waals surface area (Å²) < 4.78 is 0. The lowest BCUT2D eigenvalue weighted by Gasteiger charge is -2.41. The molecule has 0 unspecified atom stereocenters. The van der Waals surface area contributed by atoms with Crippen molar-refractivity contribution in [1.82, 2.24) is 5.32 Å². The Labute approximate surface area is 60.0 Å². The smallest absolute Gasteiger partial charge is 0.220 e.